The molecule has 0 aromatic heterocycles. The molecule has 0 radical (unpaired) electrons. The largest absolute Gasteiger partial charge is 0.493 e. The van der Waals surface area contributed by atoms with Crippen LogP contribution in [0.3, 0.4) is 0 Å². The first-order valence-corrected chi connectivity index (χ1v) is 6.08. The number of nitriles is 1. The van der Waals surface area contributed by atoms with E-state index in [1.165, 1.54) is 19.1 Å². The Kier molecular flexibility index (Phi) is 6.17. The van der Waals surface area contributed by atoms with Gasteiger partial charge in [0.05, 0.1) is 26.7 Å². The van der Waals surface area contributed by atoms with Gasteiger partial charge in [0.25, 0.3) is 5.91 Å². The van der Waals surface area contributed by atoms with Crippen LogP contribution in [0.25, 0.3) is 0 Å². The van der Waals surface area contributed by atoms with Crippen LogP contribution in [0.4, 0.5) is 0 Å². The molecule has 0 aliphatic heterocycles. The van der Waals surface area contributed by atoms with Gasteiger partial charge in [0.2, 0.25) is 5.75 Å². The van der Waals surface area contributed by atoms with Crippen LogP contribution in [0.1, 0.15) is 6.42 Å². The molecule has 1 amide bonds. The summed E-state index contributed by atoms with van der Waals surface area (Å²) in [6.45, 7) is 0.237. The third-order valence-corrected chi connectivity index (χ3v) is 2.71. The predicted molar refractivity (Wildman–Crippen MR) is 72.9 cm³/mol. The smallest absolute Gasteiger partial charge is 0.260 e. The summed E-state index contributed by atoms with van der Waals surface area (Å²) in [5.41, 5.74) is 0. The van der Waals surface area contributed by atoms with Crippen molar-refractivity contribution in [2.45, 2.75) is 6.42 Å². The van der Waals surface area contributed by atoms with E-state index in [1.54, 1.807) is 25.2 Å². The highest BCUT2D eigenvalue weighted by Gasteiger charge is 2.15. The first-order valence-electron chi connectivity index (χ1n) is 6.08. The van der Waals surface area contributed by atoms with Crippen LogP contribution < -0.4 is 14.2 Å². The van der Waals surface area contributed by atoms with E-state index in [0.717, 1.165) is 0 Å². The molecule has 0 saturated carbocycles. The molecule has 1 aromatic carbocycles. The molecule has 0 atom stereocenters. The second-order valence-electron chi connectivity index (χ2n) is 4.00. The monoisotopic (exact) mass is 278 g/mol. The van der Waals surface area contributed by atoms with Gasteiger partial charge in [-0.05, 0) is 12.1 Å². The van der Waals surface area contributed by atoms with Crippen molar-refractivity contribution in [3.63, 3.8) is 0 Å². The fraction of sp³-hybridized carbons (Fsp3) is 0.429. The molecule has 20 heavy (non-hydrogen) atoms. The maximum Gasteiger partial charge on any atom is 0.260 e. The van der Waals surface area contributed by atoms with Crippen LogP contribution in [0.5, 0.6) is 17.2 Å². The second kappa shape index (κ2) is 7.89. The average molecular weight is 278 g/mol. The highest BCUT2D eigenvalue weighted by molar-refractivity contribution is 5.77. The van der Waals surface area contributed by atoms with E-state index in [9.17, 15) is 4.79 Å². The number of carbonyl (C=O) groups is 1. The van der Waals surface area contributed by atoms with Gasteiger partial charge in [0, 0.05) is 13.6 Å². The van der Waals surface area contributed by atoms with E-state index in [1.807, 2.05) is 6.07 Å². The van der Waals surface area contributed by atoms with Gasteiger partial charge in [-0.15, -0.1) is 0 Å². The number of nitrogens with zero attached hydrogens (tertiary/aromatic N) is 2. The second-order valence-corrected chi connectivity index (χ2v) is 4.00. The standard InChI is InChI=1S/C14H18N2O4/c1-16(9-5-8-15)13(17)10-20-14-11(18-2)6-4-7-12(14)19-3/h4,6-7H,5,9-10H2,1-3H3. The lowest BCUT2D eigenvalue weighted by Crippen LogP contribution is -2.32. The molecule has 0 unspecified atom stereocenters. The van der Waals surface area contributed by atoms with E-state index in [2.05, 4.69) is 0 Å². The summed E-state index contributed by atoms with van der Waals surface area (Å²) in [6, 6.07) is 7.21. The summed E-state index contributed by atoms with van der Waals surface area (Å²) in [5, 5.41) is 8.49. The first kappa shape index (κ1) is 15.6. The van der Waals surface area contributed by atoms with Gasteiger partial charge < -0.3 is 19.1 Å². The van der Waals surface area contributed by atoms with E-state index < -0.39 is 0 Å². The van der Waals surface area contributed by atoms with Gasteiger partial charge in [0.1, 0.15) is 0 Å². The molecular formula is C14H18N2O4. The summed E-state index contributed by atoms with van der Waals surface area (Å²) in [4.78, 5) is 13.3. The van der Waals surface area contributed by atoms with Gasteiger partial charge in [-0.1, -0.05) is 6.07 Å². The van der Waals surface area contributed by atoms with Crippen molar-refractivity contribution in [3.8, 4) is 23.3 Å². The zero-order valence-electron chi connectivity index (χ0n) is 11.9. The molecule has 0 N–H and O–H groups in total. The molecule has 0 bridgehead atoms. The van der Waals surface area contributed by atoms with Crippen LogP contribution in [0.2, 0.25) is 0 Å². The van der Waals surface area contributed by atoms with Crippen LogP contribution in [0.15, 0.2) is 18.2 Å². The fourth-order valence-corrected chi connectivity index (χ4v) is 1.55. The normalized spacial score (nSPS) is 9.50. The molecule has 6 heteroatoms. The molecule has 0 aliphatic carbocycles. The van der Waals surface area contributed by atoms with Crippen LogP contribution in [0, 0.1) is 11.3 Å². The Balaban J connectivity index is 2.70. The Morgan fingerprint density at radius 1 is 1.30 bits per heavy atom. The number of ether oxygens (including phenoxy) is 3. The zero-order valence-corrected chi connectivity index (χ0v) is 11.9. The number of amides is 1. The number of para-hydroxylation sites is 1. The molecule has 1 rings (SSSR count). The van der Waals surface area contributed by atoms with E-state index >= 15 is 0 Å². The van der Waals surface area contributed by atoms with Gasteiger partial charge in [0.15, 0.2) is 18.1 Å². The number of hydrogen-bond acceptors (Lipinski definition) is 5. The summed E-state index contributed by atoms with van der Waals surface area (Å²) in [7, 11) is 4.66. The third kappa shape index (κ3) is 4.05. The van der Waals surface area contributed by atoms with Crippen molar-refractivity contribution in [1.82, 2.24) is 4.90 Å². The minimum absolute atomic E-state index is 0.140. The number of hydrogen-bond donors (Lipinski definition) is 0. The molecule has 0 spiro atoms. The van der Waals surface area contributed by atoms with Crippen LogP contribution in [-0.4, -0.2) is 45.2 Å². The maximum atomic E-state index is 11.8. The van der Waals surface area contributed by atoms with Gasteiger partial charge >= 0.3 is 0 Å². The highest BCUT2D eigenvalue weighted by atomic mass is 16.5. The van der Waals surface area contributed by atoms with Gasteiger partial charge in [-0.25, -0.2) is 0 Å². The number of rotatable bonds is 7. The van der Waals surface area contributed by atoms with Crippen molar-refractivity contribution in [2.24, 2.45) is 0 Å². The molecule has 108 valence electrons. The lowest BCUT2D eigenvalue weighted by Gasteiger charge is -2.17. The quantitative estimate of drug-likeness (QED) is 0.755. The summed E-state index contributed by atoms with van der Waals surface area (Å²) >= 11 is 0. The SMILES string of the molecule is COc1cccc(OC)c1OCC(=O)N(C)CCC#N. The number of likely N-dealkylation sites (N-methyl/N-ethyl adjacent to an activating group) is 1. The molecule has 0 heterocycles. The topological polar surface area (TPSA) is 71.8 Å². The zero-order chi connectivity index (χ0) is 15.0. The van der Waals surface area contributed by atoms with Gasteiger partial charge in [-0.2, -0.15) is 5.26 Å². The van der Waals surface area contributed by atoms with E-state index in [4.69, 9.17) is 19.5 Å². The minimum Gasteiger partial charge on any atom is -0.493 e. The lowest BCUT2D eigenvalue weighted by molar-refractivity contribution is -0.132. The van der Waals surface area contributed by atoms with Crippen molar-refractivity contribution in [3.05, 3.63) is 18.2 Å². The fourth-order valence-electron chi connectivity index (χ4n) is 1.55. The maximum absolute atomic E-state index is 11.8. The molecule has 1 aromatic rings. The molecule has 0 saturated heterocycles. The Hall–Kier alpha value is -2.42. The van der Waals surface area contributed by atoms with Gasteiger partial charge in [-0.3, -0.25) is 4.79 Å². The molecule has 0 fully saturated rings. The van der Waals surface area contributed by atoms with Crippen molar-refractivity contribution in [2.75, 3.05) is 34.4 Å². The lowest BCUT2D eigenvalue weighted by atomic mass is 10.3. The Labute approximate surface area is 118 Å². The van der Waals surface area contributed by atoms with Crippen molar-refractivity contribution in [1.29, 1.82) is 5.26 Å². The predicted octanol–water partition coefficient (Wildman–Crippen LogP) is 1.45. The summed E-state index contributed by atoms with van der Waals surface area (Å²) < 4.78 is 15.8. The molecule has 6 nitrogen and oxygen atoms in total. The third-order valence-electron chi connectivity index (χ3n) is 2.71. The average Bonchev–Trinajstić information content (AvgIpc) is 2.49. The first-order chi connectivity index (χ1) is 9.63. The Morgan fingerprint density at radius 3 is 2.40 bits per heavy atom. The number of methoxy groups -OCH3 is 2. The van der Waals surface area contributed by atoms with E-state index in [0.29, 0.717) is 30.2 Å². The van der Waals surface area contributed by atoms with Crippen LogP contribution >= 0.6 is 0 Å². The molecular weight excluding hydrogens is 260 g/mol. The van der Waals surface area contributed by atoms with Crippen molar-refractivity contribution < 1.29 is 19.0 Å². The Morgan fingerprint density at radius 2 is 1.90 bits per heavy atom. The summed E-state index contributed by atoms with van der Waals surface area (Å²) in [6.07, 6.45) is 0.292. The minimum atomic E-state index is -0.215. The Bertz CT molecular complexity index is 474. The van der Waals surface area contributed by atoms with Crippen LogP contribution in [-0.2, 0) is 4.79 Å². The number of carbonyl (C=O) groups excluding carboxylic acids is 1. The number of benzene rings is 1. The highest BCUT2D eigenvalue weighted by Crippen LogP contribution is 2.36. The van der Waals surface area contributed by atoms with E-state index in [-0.39, 0.29) is 12.5 Å². The molecule has 0 aliphatic rings. The summed E-state index contributed by atoms with van der Waals surface area (Å²) in [5.74, 6) is 1.17. The van der Waals surface area contributed by atoms with Crippen molar-refractivity contribution >= 4 is 5.91 Å².